The summed E-state index contributed by atoms with van der Waals surface area (Å²) < 4.78 is 10.5. The smallest absolute Gasteiger partial charge is 0.177 e. The van der Waals surface area contributed by atoms with Gasteiger partial charge in [0.1, 0.15) is 5.00 Å². The average Bonchev–Trinajstić information content (AvgIpc) is 2.70. The van der Waals surface area contributed by atoms with E-state index in [9.17, 15) is 4.79 Å². The second kappa shape index (κ2) is 7.35. The molecule has 5 nitrogen and oxygen atoms in total. The third kappa shape index (κ3) is 3.84. The van der Waals surface area contributed by atoms with E-state index in [1.165, 1.54) is 11.3 Å². The number of hydrogen-bond acceptors (Lipinski definition) is 6. The van der Waals surface area contributed by atoms with Crippen molar-refractivity contribution in [3.8, 4) is 5.75 Å². The van der Waals surface area contributed by atoms with Gasteiger partial charge in [0.2, 0.25) is 0 Å². The average molecular weight is 286 g/mol. The van der Waals surface area contributed by atoms with Gasteiger partial charge >= 0.3 is 0 Å². The molecule has 0 unspecified atom stereocenters. The number of Topliss-reactive ketones (excluding diaryl/α,β-unsaturated/α-hetero) is 1. The lowest BCUT2D eigenvalue weighted by molar-refractivity contribution is 0.0944. The molecule has 0 saturated carbocycles. The first-order valence-electron chi connectivity index (χ1n) is 6.34. The zero-order valence-electron chi connectivity index (χ0n) is 11.9. The number of methoxy groups -OCH3 is 1. The van der Waals surface area contributed by atoms with Crippen LogP contribution in [0.3, 0.4) is 0 Å². The molecule has 19 heavy (non-hydrogen) atoms. The molecule has 0 aromatic carbocycles. The molecule has 0 radical (unpaired) electrons. The van der Waals surface area contributed by atoms with Crippen molar-refractivity contribution in [3.05, 3.63) is 4.88 Å². The second-order valence-electron chi connectivity index (χ2n) is 4.35. The van der Waals surface area contributed by atoms with Gasteiger partial charge in [0.25, 0.3) is 0 Å². The standard InChI is InChI=1S/C13H22N2O3S/c1-5-18-7-6-15-13-11(17-4)9(14)12(19-13)10(16)8(2)3/h8,15H,5-7,14H2,1-4H3. The predicted molar refractivity (Wildman–Crippen MR) is 79.4 cm³/mol. The van der Waals surface area contributed by atoms with Crippen molar-refractivity contribution in [2.75, 3.05) is 37.9 Å². The largest absolute Gasteiger partial charge is 0.492 e. The van der Waals surface area contributed by atoms with Crippen LogP contribution in [0.2, 0.25) is 0 Å². The first-order valence-corrected chi connectivity index (χ1v) is 7.16. The SMILES string of the molecule is CCOCCNc1sc(C(=O)C(C)C)c(N)c1OC. The minimum Gasteiger partial charge on any atom is -0.492 e. The lowest BCUT2D eigenvalue weighted by atomic mass is 10.1. The van der Waals surface area contributed by atoms with Crippen LogP contribution in [-0.4, -0.2) is 32.7 Å². The first kappa shape index (κ1) is 15.8. The molecule has 1 heterocycles. The number of carbonyl (C=O) groups excluding carboxylic acids is 1. The van der Waals surface area contributed by atoms with Crippen LogP contribution >= 0.6 is 11.3 Å². The number of thiophene rings is 1. The maximum atomic E-state index is 12.0. The number of hydrogen-bond donors (Lipinski definition) is 2. The molecule has 0 spiro atoms. The zero-order chi connectivity index (χ0) is 14.4. The molecule has 0 aliphatic rings. The monoisotopic (exact) mass is 286 g/mol. The van der Waals surface area contributed by atoms with Gasteiger partial charge in [-0.3, -0.25) is 4.79 Å². The summed E-state index contributed by atoms with van der Waals surface area (Å²) >= 11 is 1.34. The van der Waals surface area contributed by atoms with Crippen LogP contribution < -0.4 is 15.8 Å². The fourth-order valence-electron chi connectivity index (χ4n) is 1.57. The predicted octanol–water partition coefficient (Wildman–Crippen LogP) is 2.63. The van der Waals surface area contributed by atoms with Gasteiger partial charge in [-0.25, -0.2) is 0 Å². The summed E-state index contributed by atoms with van der Waals surface area (Å²) in [6.07, 6.45) is 0. The third-order valence-electron chi connectivity index (χ3n) is 2.59. The van der Waals surface area contributed by atoms with Crippen LogP contribution in [0, 0.1) is 5.92 Å². The molecule has 1 aromatic heterocycles. The fourth-order valence-corrected chi connectivity index (χ4v) is 2.78. The Labute approximate surface area is 118 Å². The van der Waals surface area contributed by atoms with Gasteiger partial charge in [-0.15, -0.1) is 11.3 Å². The number of anilines is 2. The van der Waals surface area contributed by atoms with E-state index in [1.807, 2.05) is 20.8 Å². The molecule has 0 saturated heterocycles. The summed E-state index contributed by atoms with van der Waals surface area (Å²) in [7, 11) is 1.55. The van der Waals surface area contributed by atoms with E-state index in [1.54, 1.807) is 7.11 Å². The minimum atomic E-state index is -0.0815. The maximum Gasteiger partial charge on any atom is 0.177 e. The Morgan fingerprint density at radius 1 is 1.47 bits per heavy atom. The number of nitrogen functional groups attached to an aromatic ring is 1. The summed E-state index contributed by atoms with van der Waals surface area (Å²) in [6, 6.07) is 0. The minimum absolute atomic E-state index is 0.0404. The molecule has 1 aromatic rings. The Morgan fingerprint density at radius 2 is 2.16 bits per heavy atom. The molecule has 108 valence electrons. The highest BCUT2D eigenvalue weighted by Gasteiger charge is 2.23. The molecular weight excluding hydrogens is 264 g/mol. The van der Waals surface area contributed by atoms with Gasteiger partial charge in [-0.2, -0.15) is 0 Å². The van der Waals surface area contributed by atoms with Crippen molar-refractivity contribution in [3.63, 3.8) is 0 Å². The molecule has 1 rings (SSSR count). The van der Waals surface area contributed by atoms with Crippen molar-refractivity contribution in [2.45, 2.75) is 20.8 Å². The number of carbonyl (C=O) groups is 1. The second-order valence-corrected chi connectivity index (χ2v) is 5.37. The van der Waals surface area contributed by atoms with E-state index >= 15 is 0 Å². The van der Waals surface area contributed by atoms with Crippen LogP contribution in [0.5, 0.6) is 5.75 Å². The number of ketones is 1. The van der Waals surface area contributed by atoms with Crippen molar-refractivity contribution >= 4 is 27.8 Å². The summed E-state index contributed by atoms with van der Waals surface area (Å²) in [6.45, 7) is 7.60. The molecule has 0 amide bonds. The van der Waals surface area contributed by atoms with Crippen LogP contribution in [0.1, 0.15) is 30.4 Å². The topological polar surface area (TPSA) is 73.6 Å². The molecular formula is C13H22N2O3S. The lowest BCUT2D eigenvalue weighted by Gasteiger charge is -2.06. The van der Waals surface area contributed by atoms with Crippen molar-refractivity contribution in [2.24, 2.45) is 5.92 Å². The van der Waals surface area contributed by atoms with Gasteiger partial charge in [-0.1, -0.05) is 13.8 Å². The van der Waals surface area contributed by atoms with E-state index in [2.05, 4.69) is 5.32 Å². The highest BCUT2D eigenvalue weighted by atomic mass is 32.1. The normalized spacial score (nSPS) is 10.8. The molecule has 6 heteroatoms. The van der Waals surface area contributed by atoms with Gasteiger partial charge in [-0.05, 0) is 6.92 Å². The zero-order valence-corrected chi connectivity index (χ0v) is 12.7. The van der Waals surface area contributed by atoms with Crippen LogP contribution in [0.15, 0.2) is 0 Å². The Balaban J connectivity index is 2.86. The van der Waals surface area contributed by atoms with E-state index in [4.69, 9.17) is 15.2 Å². The Kier molecular flexibility index (Phi) is 6.11. The van der Waals surface area contributed by atoms with Crippen LogP contribution in [-0.2, 0) is 4.74 Å². The molecule has 0 fully saturated rings. The van der Waals surface area contributed by atoms with Crippen molar-refractivity contribution < 1.29 is 14.3 Å². The quantitative estimate of drug-likeness (QED) is 0.567. The molecule has 0 aliphatic carbocycles. The number of nitrogens with one attached hydrogen (secondary N) is 1. The summed E-state index contributed by atoms with van der Waals surface area (Å²) in [5.41, 5.74) is 6.40. The number of nitrogens with two attached hydrogens (primary N) is 1. The van der Waals surface area contributed by atoms with Gasteiger partial charge in [0, 0.05) is 19.1 Å². The van der Waals surface area contributed by atoms with E-state index in [0.717, 1.165) is 5.00 Å². The summed E-state index contributed by atoms with van der Waals surface area (Å²) in [5.74, 6) is 0.506. The maximum absolute atomic E-state index is 12.0. The van der Waals surface area contributed by atoms with Gasteiger partial charge < -0.3 is 20.5 Å². The molecule has 3 N–H and O–H groups in total. The first-order chi connectivity index (χ1) is 9.02. The van der Waals surface area contributed by atoms with E-state index < -0.39 is 0 Å². The van der Waals surface area contributed by atoms with Crippen LogP contribution in [0.4, 0.5) is 10.7 Å². The van der Waals surface area contributed by atoms with Gasteiger partial charge in [0.05, 0.1) is 24.3 Å². The third-order valence-corrected chi connectivity index (χ3v) is 3.75. The highest BCUT2D eigenvalue weighted by molar-refractivity contribution is 7.19. The Bertz CT molecular complexity index is 430. The number of rotatable bonds is 8. The van der Waals surface area contributed by atoms with E-state index in [-0.39, 0.29) is 11.7 Å². The molecule has 0 bridgehead atoms. The fraction of sp³-hybridized carbons (Fsp3) is 0.615. The lowest BCUT2D eigenvalue weighted by Crippen LogP contribution is -2.08. The Hall–Kier alpha value is -1.27. The number of ether oxygens (including phenoxy) is 2. The van der Waals surface area contributed by atoms with Crippen molar-refractivity contribution in [1.29, 1.82) is 0 Å². The molecule has 0 aliphatic heterocycles. The summed E-state index contributed by atoms with van der Waals surface area (Å²) in [4.78, 5) is 12.6. The highest BCUT2D eigenvalue weighted by Crippen LogP contribution is 2.43. The Morgan fingerprint density at radius 3 is 2.68 bits per heavy atom. The van der Waals surface area contributed by atoms with Crippen molar-refractivity contribution in [1.82, 2.24) is 0 Å². The van der Waals surface area contributed by atoms with E-state index in [0.29, 0.717) is 36.1 Å². The summed E-state index contributed by atoms with van der Waals surface area (Å²) in [5, 5.41) is 3.97. The van der Waals surface area contributed by atoms with Gasteiger partial charge in [0.15, 0.2) is 11.5 Å². The molecule has 0 atom stereocenters. The van der Waals surface area contributed by atoms with Crippen LogP contribution in [0.25, 0.3) is 0 Å².